The van der Waals surface area contributed by atoms with Crippen LogP contribution in [0.15, 0.2) is 8.99 Å². The van der Waals surface area contributed by atoms with Crippen LogP contribution in [-0.4, -0.2) is 5.25 Å². The molecule has 0 aromatic heterocycles. The maximum atomic E-state index is 2.46. The van der Waals surface area contributed by atoms with Crippen LogP contribution in [-0.2, 0) is 0 Å². The van der Waals surface area contributed by atoms with Gasteiger partial charge in [0.1, 0.15) is 0 Å². The van der Waals surface area contributed by atoms with E-state index in [1.165, 1.54) is 41.4 Å². The standard InChI is InChI=1S/C12H21IS/c1-3-5-6-10(4-2)9-11-7-8-12(13)14-11/h8,10-11H,3-7,9H2,1-2H3. The van der Waals surface area contributed by atoms with Crippen molar-refractivity contribution in [1.82, 2.24) is 0 Å². The molecule has 2 unspecified atom stereocenters. The molecule has 1 heterocycles. The van der Waals surface area contributed by atoms with Crippen LogP contribution in [0.3, 0.4) is 0 Å². The van der Waals surface area contributed by atoms with E-state index in [4.69, 9.17) is 0 Å². The fourth-order valence-electron chi connectivity index (χ4n) is 1.98. The minimum atomic E-state index is 0.892. The molecule has 0 amide bonds. The van der Waals surface area contributed by atoms with Crippen molar-refractivity contribution < 1.29 is 0 Å². The lowest BCUT2D eigenvalue weighted by Crippen LogP contribution is -2.07. The summed E-state index contributed by atoms with van der Waals surface area (Å²) in [5.74, 6) is 0.975. The second kappa shape index (κ2) is 7.15. The van der Waals surface area contributed by atoms with E-state index in [0.717, 1.165) is 11.2 Å². The smallest absolute Gasteiger partial charge is 0.0420 e. The molecule has 1 rings (SSSR count). The van der Waals surface area contributed by atoms with Crippen LogP contribution in [0.1, 0.15) is 52.4 Å². The Balaban J connectivity index is 2.20. The van der Waals surface area contributed by atoms with E-state index >= 15 is 0 Å². The number of hydrogen-bond acceptors (Lipinski definition) is 1. The maximum Gasteiger partial charge on any atom is 0.0420 e. The molecule has 0 nitrogen and oxygen atoms in total. The first kappa shape index (κ1) is 12.9. The van der Waals surface area contributed by atoms with Gasteiger partial charge in [-0.1, -0.05) is 45.6 Å². The zero-order chi connectivity index (χ0) is 10.4. The molecule has 1 aliphatic rings. The van der Waals surface area contributed by atoms with Gasteiger partial charge >= 0.3 is 0 Å². The molecule has 82 valence electrons. The van der Waals surface area contributed by atoms with Gasteiger partial charge in [-0.15, -0.1) is 11.8 Å². The molecular formula is C12H21IS. The summed E-state index contributed by atoms with van der Waals surface area (Å²) in [6.45, 7) is 4.64. The first-order valence-electron chi connectivity index (χ1n) is 5.78. The second-order valence-electron chi connectivity index (χ2n) is 4.14. The van der Waals surface area contributed by atoms with Crippen LogP contribution < -0.4 is 0 Å². The molecule has 1 aliphatic heterocycles. The molecule has 14 heavy (non-hydrogen) atoms. The molecule has 0 aromatic carbocycles. The number of rotatable bonds is 6. The van der Waals surface area contributed by atoms with Crippen LogP contribution >= 0.6 is 34.4 Å². The van der Waals surface area contributed by atoms with Gasteiger partial charge < -0.3 is 0 Å². The maximum absolute atomic E-state index is 2.46. The Morgan fingerprint density at radius 1 is 1.57 bits per heavy atom. The first-order chi connectivity index (χ1) is 6.76. The summed E-state index contributed by atoms with van der Waals surface area (Å²) in [4.78, 5) is 0. The van der Waals surface area contributed by atoms with Crippen molar-refractivity contribution in [3.8, 4) is 0 Å². The van der Waals surface area contributed by atoms with Crippen molar-refractivity contribution in [2.45, 2.75) is 57.6 Å². The highest BCUT2D eigenvalue weighted by atomic mass is 127. The fraction of sp³-hybridized carbons (Fsp3) is 0.833. The van der Waals surface area contributed by atoms with Gasteiger partial charge in [0.15, 0.2) is 0 Å². The van der Waals surface area contributed by atoms with Crippen molar-refractivity contribution in [3.05, 3.63) is 8.99 Å². The highest BCUT2D eigenvalue weighted by molar-refractivity contribution is 14.1. The van der Waals surface area contributed by atoms with Crippen LogP contribution in [0.25, 0.3) is 0 Å². The van der Waals surface area contributed by atoms with Gasteiger partial charge in [-0.2, -0.15) is 0 Å². The van der Waals surface area contributed by atoms with Crippen molar-refractivity contribution in [1.29, 1.82) is 0 Å². The van der Waals surface area contributed by atoms with Gasteiger partial charge in [-0.25, -0.2) is 0 Å². The third-order valence-electron chi connectivity index (χ3n) is 2.96. The van der Waals surface area contributed by atoms with Gasteiger partial charge in [-0.05, 0) is 41.4 Å². The summed E-state index contributed by atoms with van der Waals surface area (Å²) in [5, 5.41) is 0.892. The Morgan fingerprint density at radius 2 is 2.36 bits per heavy atom. The molecule has 2 heteroatoms. The largest absolute Gasteiger partial charge is 0.116 e. The second-order valence-corrected chi connectivity index (χ2v) is 7.37. The Labute approximate surface area is 106 Å². The first-order valence-corrected chi connectivity index (χ1v) is 7.74. The molecule has 0 bridgehead atoms. The number of allylic oxidation sites excluding steroid dienone is 1. The Kier molecular flexibility index (Phi) is 6.58. The lowest BCUT2D eigenvalue weighted by atomic mass is 9.93. The van der Waals surface area contributed by atoms with Crippen molar-refractivity contribution in [2.24, 2.45) is 5.92 Å². The average Bonchev–Trinajstić information content (AvgIpc) is 2.58. The highest BCUT2D eigenvalue weighted by Gasteiger charge is 2.19. The van der Waals surface area contributed by atoms with Crippen LogP contribution in [0.4, 0.5) is 0 Å². The summed E-state index contributed by atoms with van der Waals surface area (Å²) in [6, 6.07) is 0. The minimum Gasteiger partial charge on any atom is -0.116 e. The van der Waals surface area contributed by atoms with E-state index in [-0.39, 0.29) is 0 Å². The van der Waals surface area contributed by atoms with E-state index in [1.807, 2.05) is 0 Å². The molecule has 0 saturated carbocycles. The SMILES string of the molecule is CCCCC(CC)CC1CC=C(I)S1. The van der Waals surface area contributed by atoms with E-state index in [9.17, 15) is 0 Å². The van der Waals surface area contributed by atoms with Gasteiger partial charge in [0.05, 0.1) is 0 Å². The average molecular weight is 324 g/mol. The normalized spacial score (nSPS) is 23.6. The predicted molar refractivity (Wildman–Crippen MR) is 76.0 cm³/mol. The van der Waals surface area contributed by atoms with Crippen molar-refractivity contribution >= 4 is 34.4 Å². The molecule has 0 spiro atoms. The predicted octanol–water partition coefficient (Wildman–Crippen LogP) is 5.37. The fourth-order valence-corrected chi connectivity index (χ4v) is 4.38. The number of thioether (sulfide) groups is 1. The van der Waals surface area contributed by atoms with E-state index < -0.39 is 0 Å². The molecule has 0 radical (unpaired) electrons. The summed E-state index contributed by atoms with van der Waals surface area (Å²) in [5.41, 5.74) is 0. The van der Waals surface area contributed by atoms with Crippen LogP contribution in [0.5, 0.6) is 0 Å². The van der Waals surface area contributed by atoms with Crippen molar-refractivity contribution in [3.63, 3.8) is 0 Å². The summed E-state index contributed by atoms with van der Waals surface area (Å²) < 4.78 is 1.51. The van der Waals surface area contributed by atoms with Crippen LogP contribution in [0, 0.1) is 5.92 Å². The molecule has 2 atom stereocenters. The molecular weight excluding hydrogens is 303 g/mol. The molecule has 0 N–H and O–H groups in total. The Morgan fingerprint density at radius 3 is 2.86 bits per heavy atom. The van der Waals surface area contributed by atoms with Gasteiger partial charge in [0.2, 0.25) is 0 Å². The molecule has 0 fully saturated rings. The number of halogens is 1. The van der Waals surface area contributed by atoms with Gasteiger partial charge in [0.25, 0.3) is 0 Å². The lowest BCUT2D eigenvalue weighted by molar-refractivity contribution is 0.417. The monoisotopic (exact) mass is 324 g/mol. The van der Waals surface area contributed by atoms with E-state index in [0.29, 0.717) is 0 Å². The molecule has 0 saturated heterocycles. The molecule has 0 aromatic rings. The van der Waals surface area contributed by atoms with Crippen LogP contribution in [0.2, 0.25) is 0 Å². The minimum absolute atomic E-state index is 0.892. The molecule has 0 aliphatic carbocycles. The summed E-state index contributed by atoms with van der Waals surface area (Å²) >= 11 is 4.55. The number of hydrogen-bond donors (Lipinski definition) is 0. The quantitative estimate of drug-likeness (QED) is 0.592. The summed E-state index contributed by atoms with van der Waals surface area (Å²) in [7, 11) is 0. The number of unbranched alkanes of at least 4 members (excludes halogenated alkanes) is 1. The Hall–Kier alpha value is 0.820. The zero-order valence-corrected chi connectivity index (χ0v) is 12.2. The topological polar surface area (TPSA) is 0 Å². The van der Waals surface area contributed by atoms with Crippen molar-refractivity contribution in [2.75, 3.05) is 0 Å². The lowest BCUT2D eigenvalue weighted by Gasteiger charge is -2.18. The third kappa shape index (κ3) is 4.56. The highest BCUT2D eigenvalue weighted by Crippen LogP contribution is 2.40. The van der Waals surface area contributed by atoms with E-state index in [1.54, 1.807) is 0 Å². The third-order valence-corrected chi connectivity index (χ3v) is 5.27. The Bertz CT molecular complexity index is 189. The zero-order valence-electron chi connectivity index (χ0n) is 9.26. The van der Waals surface area contributed by atoms with Gasteiger partial charge in [-0.3, -0.25) is 0 Å². The summed E-state index contributed by atoms with van der Waals surface area (Å²) in [6.07, 6.45) is 10.7. The van der Waals surface area contributed by atoms with Gasteiger partial charge in [0, 0.05) is 8.16 Å². The van der Waals surface area contributed by atoms with E-state index in [2.05, 4.69) is 54.3 Å².